The molecule has 140 valence electrons. The van der Waals surface area contributed by atoms with Crippen molar-refractivity contribution >= 4 is 16.6 Å². The number of anilines is 1. The van der Waals surface area contributed by atoms with Crippen LogP contribution in [0.1, 0.15) is 16.7 Å². The number of fused-ring (bicyclic) bond motifs is 1. The number of phenolic OH excluding ortho intramolecular Hbond substituents is 1. The van der Waals surface area contributed by atoms with Crippen molar-refractivity contribution in [3.63, 3.8) is 0 Å². The second-order valence-corrected chi connectivity index (χ2v) is 6.82. The van der Waals surface area contributed by atoms with Gasteiger partial charge in [0.25, 0.3) is 0 Å². The standard InChI is InChI=1S/C24H23N3O/c28-21-9-10-22-23(11-12-26-24(22)14-21)27-17-20-8-4-7-19(13-20)16-25-15-18-5-2-1-3-6-18/h1-14,25,28H,15-17H2,(H,26,27). The van der Waals surface area contributed by atoms with Crippen LogP contribution in [0.4, 0.5) is 5.69 Å². The SMILES string of the molecule is Oc1ccc2c(NCc3cccc(CNCc4ccccc4)c3)ccnc2c1. The van der Waals surface area contributed by atoms with Gasteiger partial charge in [0.1, 0.15) is 5.75 Å². The topological polar surface area (TPSA) is 57.2 Å². The number of hydrogen-bond acceptors (Lipinski definition) is 4. The maximum absolute atomic E-state index is 9.64. The summed E-state index contributed by atoms with van der Waals surface area (Å²) in [5, 5.41) is 17.6. The number of nitrogens with zero attached hydrogens (tertiary/aromatic N) is 1. The molecule has 4 rings (SSSR count). The zero-order valence-corrected chi connectivity index (χ0v) is 15.6. The zero-order valence-electron chi connectivity index (χ0n) is 15.6. The highest BCUT2D eigenvalue weighted by Crippen LogP contribution is 2.25. The van der Waals surface area contributed by atoms with Gasteiger partial charge in [-0.15, -0.1) is 0 Å². The lowest BCUT2D eigenvalue weighted by atomic mass is 10.1. The van der Waals surface area contributed by atoms with Crippen molar-refractivity contribution in [1.82, 2.24) is 10.3 Å². The molecule has 4 nitrogen and oxygen atoms in total. The highest BCUT2D eigenvalue weighted by Gasteiger charge is 2.03. The van der Waals surface area contributed by atoms with Crippen LogP contribution in [0.15, 0.2) is 85.1 Å². The smallest absolute Gasteiger partial charge is 0.117 e. The third-order valence-electron chi connectivity index (χ3n) is 4.70. The molecule has 0 saturated carbocycles. The van der Waals surface area contributed by atoms with Gasteiger partial charge in [0, 0.05) is 43.0 Å². The van der Waals surface area contributed by atoms with Gasteiger partial charge in [-0.1, -0.05) is 54.6 Å². The van der Waals surface area contributed by atoms with E-state index in [1.165, 1.54) is 16.7 Å². The zero-order chi connectivity index (χ0) is 19.2. The van der Waals surface area contributed by atoms with Crippen LogP contribution in [0.5, 0.6) is 5.75 Å². The molecule has 0 saturated heterocycles. The lowest BCUT2D eigenvalue weighted by Crippen LogP contribution is -2.12. The average Bonchev–Trinajstić information content (AvgIpc) is 2.73. The molecule has 0 fully saturated rings. The van der Waals surface area contributed by atoms with E-state index >= 15 is 0 Å². The number of benzene rings is 3. The minimum absolute atomic E-state index is 0.229. The van der Waals surface area contributed by atoms with Crippen LogP contribution in [0.2, 0.25) is 0 Å². The molecule has 0 aliphatic carbocycles. The van der Waals surface area contributed by atoms with Crippen LogP contribution in [-0.2, 0) is 19.6 Å². The quantitative estimate of drug-likeness (QED) is 0.436. The van der Waals surface area contributed by atoms with Crippen molar-refractivity contribution in [2.45, 2.75) is 19.6 Å². The van der Waals surface area contributed by atoms with Crippen molar-refractivity contribution in [3.8, 4) is 5.75 Å². The summed E-state index contributed by atoms with van der Waals surface area (Å²) in [6.45, 7) is 2.42. The van der Waals surface area contributed by atoms with Crippen LogP contribution in [0.25, 0.3) is 10.9 Å². The lowest BCUT2D eigenvalue weighted by molar-refractivity contribution is 0.476. The average molecular weight is 369 g/mol. The van der Waals surface area contributed by atoms with Gasteiger partial charge in [-0.05, 0) is 34.9 Å². The largest absolute Gasteiger partial charge is 0.508 e. The molecule has 0 spiro atoms. The van der Waals surface area contributed by atoms with Gasteiger partial charge >= 0.3 is 0 Å². The Hall–Kier alpha value is -3.37. The molecule has 0 radical (unpaired) electrons. The summed E-state index contributed by atoms with van der Waals surface area (Å²) in [5.74, 6) is 0.229. The fourth-order valence-electron chi connectivity index (χ4n) is 3.28. The Morgan fingerprint density at radius 1 is 0.714 bits per heavy atom. The Morgan fingerprint density at radius 2 is 1.46 bits per heavy atom. The normalized spacial score (nSPS) is 10.9. The van der Waals surface area contributed by atoms with Crippen molar-refractivity contribution in [2.75, 3.05) is 5.32 Å². The van der Waals surface area contributed by atoms with Crippen LogP contribution >= 0.6 is 0 Å². The van der Waals surface area contributed by atoms with Gasteiger partial charge in [0.05, 0.1) is 5.52 Å². The fraction of sp³-hybridized carbons (Fsp3) is 0.125. The van der Waals surface area contributed by atoms with E-state index in [0.717, 1.165) is 36.2 Å². The number of hydrogen-bond donors (Lipinski definition) is 3. The summed E-state index contributed by atoms with van der Waals surface area (Å²) in [7, 11) is 0. The van der Waals surface area contributed by atoms with E-state index in [9.17, 15) is 5.11 Å². The van der Waals surface area contributed by atoms with Crippen molar-refractivity contribution in [3.05, 3.63) is 102 Å². The first-order valence-corrected chi connectivity index (χ1v) is 9.42. The van der Waals surface area contributed by atoms with Gasteiger partial charge < -0.3 is 15.7 Å². The van der Waals surface area contributed by atoms with E-state index < -0.39 is 0 Å². The molecule has 0 bridgehead atoms. The summed E-state index contributed by atoms with van der Waals surface area (Å²) < 4.78 is 0. The Bertz CT molecular complexity index is 1060. The van der Waals surface area contributed by atoms with Gasteiger partial charge in [0.15, 0.2) is 0 Å². The number of aromatic nitrogens is 1. The summed E-state index contributed by atoms with van der Waals surface area (Å²) in [4.78, 5) is 4.32. The molecule has 0 atom stereocenters. The van der Waals surface area contributed by atoms with Gasteiger partial charge in [-0.2, -0.15) is 0 Å². The van der Waals surface area contributed by atoms with E-state index in [0.29, 0.717) is 0 Å². The van der Waals surface area contributed by atoms with Crippen LogP contribution in [-0.4, -0.2) is 10.1 Å². The molecule has 3 aromatic carbocycles. The van der Waals surface area contributed by atoms with Gasteiger partial charge in [0.2, 0.25) is 0 Å². The highest BCUT2D eigenvalue weighted by molar-refractivity contribution is 5.91. The van der Waals surface area contributed by atoms with E-state index in [4.69, 9.17) is 0 Å². The minimum Gasteiger partial charge on any atom is -0.508 e. The summed E-state index contributed by atoms with van der Waals surface area (Å²) in [6.07, 6.45) is 1.76. The van der Waals surface area contributed by atoms with Crippen molar-refractivity contribution in [2.24, 2.45) is 0 Å². The Labute approximate surface area is 164 Å². The second-order valence-electron chi connectivity index (χ2n) is 6.82. The number of pyridine rings is 1. The first-order chi connectivity index (χ1) is 13.8. The maximum atomic E-state index is 9.64. The number of rotatable bonds is 7. The lowest BCUT2D eigenvalue weighted by Gasteiger charge is -2.11. The van der Waals surface area contributed by atoms with Crippen molar-refractivity contribution in [1.29, 1.82) is 0 Å². The molecule has 1 aromatic heterocycles. The molecule has 0 aliphatic heterocycles. The third kappa shape index (κ3) is 4.48. The van der Waals surface area contributed by atoms with Crippen LogP contribution < -0.4 is 10.6 Å². The molecule has 0 amide bonds. The molecule has 3 N–H and O–H groups in total. The van der Waals surface area contributed by atoms with Crippen LogP contribution in [0, 0.1) is 0 Å². The van der Waals surface area contributed by atoms with Crippen molar-refractivity contribution < 1.29 is 5.11 Å². The maximum Gasteiger partial charge on any atom is 0.117 e. The van der Waals surface area contributed by atoms with E-state index in [2.05, 4.69) is 64.1 Å². The molecule has 28 heavy (non-hydrogen) atoms. The molecule has 4 aromatic rings. The Balaban J connectivity index is 1.39. The molecule has 0 unspecified atom stereocenters. The predicted molar refractivity (Wildman–Crippen MR) is 114 cm³/mol. The van der Waals surface area contributed by atoms with Gasteiger partial charge in [-0.3, -0.25) is 4.98 Å². The molecular formula is C24H23N3O. The molecule has 4 heteroatoms. The highest BCUT2D eigenvalue weighted by atomic mass is 16.3. The summed E-state index contributed by atoms with van der Waals surface area (Å²) >= 11 is 0. The Morgan fingerprint density at radius 3 is 2.32 bits per heavy atom. The number of nitrogens with one attached hydrogen (secondary N) is 2. The number of phenols is 1. The first-order valence-electron chi connectivity index (χ1n) is 9.42. The van der Waals surface area contributed by atoms with E-state index in [-0.39, 0.29) is 5.75 Å². The summed E-state index contributed by atoms with van der Waals surface area (Å²) in [6, 6.07) is 26.2. The molecule has 0 aliphatic rings. The minimum atomic E-state index is 0.229. The second kappa shape index (κ2) is 8.55. The Kier molecular flexibility index (Phi) is 5.50. The molecular weight excluding hydrogens is 346 g/mol. The van der Waals surface area contributed by atoms with Crippen LogP contribution in [0.3, 0.4) is 0 Å². The molecule has 1 heterocycles. The first kappa shape index (κ1) is 18.0. The fourth-order valence-corrected chi connectivity index (χ4v) is 3.28. The number of aromatic hydroxyl groups is 1. The van der Waals surface area contributed by atoms with E-state index in [1.54, 1.807) is 18.3 Å². The van der Waals surface area contributed by atoms with Gasteiger partial charge in [-0.25, -0.2) is 0 Å². The predicted octanol–water partition coefficient (Wildman–Crippen LogP) is 4.84. The van der Waals surface area contributed by atoms with E-state index in [1.807, 2.05) is 18.2 Å². The third-order valence-corrected chi connectivity index (χ3v) is 4.70. The monoisotopic (exact) mass is 369 g/mol. The summed E-state index contributed by atoms with van der Waals surface area (Å²) in [5.41, 5.74) is 5.57.